The Hall–Kier alpha value is -2.63. The van der Waals surface area contributed by atoms with Crippen LogP contribution in [0.15, 0.2) is 30.3 Å². The number of rotatable bonds is 5. The molecule has 150 valence electrons. The van der Waals surface area contributed by atoms with Crippen LogP contribution in [0.1, 0.15) is 47.1 Å². The number of piperidine rings is 1. The third kappa shape index (κ3) is 4.26. The number of esters is 1. The van der Waals surface area contributed by atoms with E-state index in [1.54, 1.807) is 17.9 Å². The Balaban J connectivity index is 1.84. The van der Waals surface area contributed by atoms with Crippen molar-refractivity contribution in [2.45, 2.75) is 40.2 Å². The van der Waals surface area contributed by atoms with Crippen LogP contribution in [0.2, 0.25) is 0 Å². The fourth-order valence-electron chi connectivity index (χ4n) is 3.92. The summed E-state index contributed by atoms with van der Waals surface area (Å²) in [5.74, 6) is -0.884. The molecule has 0 unspecified atom stereocenters. The normalized spacial score (nSPS) is 16.9. The summed E-state index contributed by atoms with van der Waals surface area (Å²) in [6.07, 6.45) is 1.52. The van der Waals surface area contributed by atoms with Crippen molar-refractivity contribution in [3.8, 4) is 0 Å². The lowest BCUT2D eigenvalue weighted by atomic mass is 9.97. The zero-order valence-corrected chi connectivity index (χ0v) is 16.7. The summed E-state index contributed by atoms with van der Waals surface area (Å²) >= 11 is 0. The summed E-state index contributed by atoms with van der Waals surface area (Å²) < 4.78 is 20.6. The van der Waals surface area contributed by atoms with E-state index < -0.39 is 0 Å². The van der Waals surface area contributed by atoms with Crippen molar-refractivity contribution >= 4 is 11.9 Å². The fourth-order valence-corrected chi connectivity index (χ4v) is 3.92. The lowest BCUT2D eigenvalue weighted by Gasteiger charge is -2.32. The first-order valence-electron chi connectivity index (χ1n) is 9.77. The van der Waals surface area contributed by atoms with Gasteiger partial charge in [0.1, 0.15) is 11.5 Å². The molecule has 1 fully saturated rings. The van der Waals surface area contributed by atoms with E-state index >= 15 is 0 Å². The van der Waals surface area contributed by atoms with Gasteiger partial charge in [-0.15, -0.1) is 0 Å². The molecule has 1 atom stereocenters. The Bertz CT molecular complexity index is 875. The average Bonchev–Trinajstić information content (AvgIpc) is 2.94. The third-order valence-corrected chi connectivity index (χ3v) is 5.26. The third-order valence-electron chi connectivity index (χ3n) is 5.26. The number of benzene rings is 1. The number of ether oxygens (including phenoxy) is 1. The predicted molar refractivity (Wildman–Crippen MR) is 105 cm³/mol. The molecule has 0 spiro atoms. The Morgan fingerprint density at radius 2 is 2.04 bits per heavy atom. The summed E-state index contributed by atoms with van der Waals surface area (Å²) in [6, 6.07) is 8.39. The largest absolute Gasteiger partial charge is 0.466 e. The van der Waals surface area contributed by atoms with Crippen molar-refractivity contribution < 1.29 is 18.7 Å². The maximum Gasteiger partial charge on any atom is 0.310 e. The highest BCUT2D eigenvalue weighted by Crippen LogP contribution is 2.24. The number of hydrogen-bond acceptors (Lipinski definition) is 3. The van der Waals surface area contributed by atoms with Gasteiger partial charge in [0, 0.05) is 25.3 Å². The Kier molecular flexibility index (Phi) is 6.17. The van der Waals surface area contributed by atoms with Gasteiger partial charge in [0.25, 0.3) is 5.91 Å². The SMILES string of the molecule is CCOC(=O)[C@H]1CCCN(C(=O)c2c(C)cc(C)n2Cc2cccc(F)c2)C1. The molecule has 0 bridgehead atoms. The van der Waals surface area contributed by atoms with Crippen LogP contribution >= 0.6 is 0 Å². The summed E-state index contributed by atoms with van der Waals surface area (Å²) in [6.45, 7) is 7.41. The number of hydrogen-bond donors (Lipinski definition) is 0. The molecule has 2 aromatic rings. The summed E-state index contributed by atoms with van der Waals surface area (Å²) in [4.78, 5) is 27.2. The maximum atomic E-state index is 13.6. The minimum Gasteiger partial charge on any atom is -0.466 e. The molecule has 1 amide bonds. The van der Waals surface area contributed by atoms with Gasteiger partial charge >= 0.3 is 5.97 Å². The van der Waals surface area contributed by atoms with Gasteiger partial charge in [0.2, 0.25) is 0 Å². The van der Waals surface area contributed by atoms with E-state index in [-0.39, 0.29) is 23.6 Å². The highest BCUT2D eigenvalue weighted by Gasteiger charge is 2.31. The van der Waals surface area contributed by atoms with Gasteiger partial charge in [-0.05, 0) is 62.9 Å². The molecule has 2 heterocycles. The minimum absolute atomic E-state index is 0.0870. The van der Waals surface area contributed by atoms with E-state index in [4.69, 9.17) is 4.74 Å². The second-order valence-corrected chi connectivity index (χ2v) is 7.38. The monoisotopic (exact) mass is 386 g/mol. The molecule has 1 aromatic carbocycles. The molecule has 1 saturated heterocycles. The van der Waals surface area contributed by atoms with Gasteiger partial charge in [0.15, 0.2) is 0 Å². The van der Waals surface area contributed by atoms with Crippen LogP contribution in [-0.2, 0) is 16.1 Å². The fraction of sp³-hybridized carbons (Fsp3) is 0.455. The van der Waals surface area contributed by atoms with Crippen LogP contribution in [-0.4, -0.2) is 41.0 Å². The van der Waals surface area contributed by atoms with Crippen molar-refractivity contribution in [3.05, 3.63) is 58.7 Å². The molecule has 1 aromatic heterocycles. The molecule has 6 heteroatoms. The lowest BCUT2D eigenvalue weighted by Crippen LogP contribution is -2.43. The smallest absolute Gasteiger partial charge is 0.310 e. The number of amides is 1. The van der Waals surface area contributed by atoms with Crippen molar-refractivity contribution in [3.63, 3.8) is 0 Å². The molecule has 5 nitrogen and oxygen atoms in total. The number of nitrogens with zero attached hydrogens (tertiary/aromatic N) is 2. The standard InChI is InChI=1S/C22H27FN2O3/c1-4-28-22(27)18-8-6-10-24(14-18)21(26)20-15(2)11-16(3)25(20)13-17-7-5-9-19(23)12-17/h5,7,9,11-12,18H,4,6,8,10,13-14H2,1-3H3/t18-/m0/s1. The first kappa shape index (κ1) is 20.1. The number of halogens is 1. The van der Waals surface area contributed by atoms with Crippen LogP contribution in [0.4, 0.5) is 4.39 Å². The van der Waals surface area contributed by atoms with Crippen LogP contribution < -0.4 is 0 Å². The van der Waals surface area contributed by atoms with Crippen molar-refractivity contribution in [1.82, 2.24) is 9.47 Å². The molecular weight excluding hydrogens is 359 g/mol. The maximum absolute atomic E-state index is 13.6. The van der Waals surface area contributed by atoms with Gasteiger partial charge in [-0.1, -0.05) is 12.1 Å². The average molecular weight is 386 g/mol. The van der Waals surface area contributed by atoms with Crippen molar-refractivity contribution in [2.24, 2.45) is 5.92 Å². The van der Waals surface area contributed by atoms with Crippen LogP contribution in [0.3, 0.4) is 0 Å². The van der Waals surface area contributed by atoms with E-state index in [0.29, 0.717) is 31.9 Å². The molecular formula is C22H27FN2O3. The van der Waals surface area contributed by atoms with E-state index in [9.17, 15) is 14.0 Å². The molecule has 28 heavy (non-hydrogen) atoms. The van der Waals surface area contributed by atoms with Gasteiger partial charge in [-0.2, -0.15) is 0 Å². The van der Waals surface area contributed by atoms with Crippen LogP contribution in [0.25, 0.3) is 0 Å². The zero-order chi connectivity index (χ0) is 20.3. The Morgan fingerprint density at radius 1 is 1.25 bits per heavy atom. The van der Waals surface area contributed by atoms with Gasteiger partial charge < -0.3 is 14.2 Å². The van der Waals surface area contributed by atoms with Crippen LogP contribution in [0.5, 0.6) is 0 Å². The molecule has 0 aliphatic carbocycles. The molecule has 1 aliphatic heterocycles. The van der Waals surface area contributed by atoms with E-state index in [1.807, 2.05) is 30.5 Å². The molecule has 3 rings (SSSR count). The highest BCUT2D eigenvalue weighted by molar-refractivity contribution is 5.95. The Labute approximate surface area is 165 Å². The van der Waals surface area contributed by atoms with E-state index in [1.165, 1.54) is 12.1 Å². The summed E-state index contributed by atoms with van der Waals surface area (Å²) in [7, 11) is 0. The predicted octanol–water partition coefficient (Wildman–Crippen LogP) is 3.71. The van der Waals surface area contributed by atoms with Crippen LogP contribution in [0, 0.1) is 25.6 Å². The molecule has 0 saturated carbocycles. The first-order valence-corrected chi connectivity index (χ1v) is 9.77. The number of likely N-dealkylation sites (tertiary alicyclic amines) is 1. The minimum atomic E-state index is -0.291. The van der Waals surface area contributed by atoms with Gasteiger partial charge in [0.05, 0.1) is 12.5 Å². The number of carbonyl (C=O) groups excluding carboxylic acids is 2. The first-order chi connectivity index (χ1) is 13.4. The summed E-state index contributed by atoms with van der Waals surface area (Å²) in [5, 5.41) is 0. The second kappa shape index (κ2) is 8.59. The number of aryl methyl sites for hydroxylation is 2. The van der Waals surface area contributed by atoms with Crippen molar-refractivity contribution in [1.29, 1.82) is 0 Å². The highest BCUT2D eigenvalue weighted by atomic mass is 19.1. The summed E-state index contributed by atoms with van der Waals surface area (Å²) in [5.41, 5.74) is 3.24. The van der Waals surface area contributed by atoms with E-state index in [2.05, 4.69) is 0 Å². The molecule has 0 radical (unpaired) electrons. The lowest BCUT2D eigenvalue weighted by molar-refractivity contribution is -0.149. The van der Waals surface area contributed by atoms with Gasteiger partial charge in [-0.3, -0.25) is 9.59 Å². The molecule has 0 N–H and O–H groups in total. The number of aromatic nitrogens is 1. The Morgan fingerprint density at radius 3 is 2.75 bits per heavy atom. The second-order valence-electron chi connectivity index (χ2n) is 7.38. The quantitative estimate of drug-likeness (QED) is 0.736. The van der Waals surface area contributed by atoms with E-state index in [0.717, 1.165) is 29.7 Å². The topological polar surface area (TPSA) is 51.5 Å². The van der Waals surface area contributed by atoms with Gasteiger partial charge in [-0.25, -0.2) is 4.39 Å². The molecule has 1 aliphatic rings. The zero-order valence-electron chi connectivity index (χ0n) is 16.7. The number of carbonyl (C=O) groups is 2. The van der Waals surface area contributed by atoms with Crippen molar-refractivity contribution in [2.75, 3.05) is 19.7 Å².